The number of rotatable bonds is 3. The third kappa shape index (κ3) is 2.22. The van der Waals surface area contributed by atoms with E-state index in [0.29, 0.717) is 10.4 Å². The first-order valence-electron chi connectivity index (χ1n) is 4.88. The van der Waals surface area contributed by atoms with Crippen molar-refractivity contribution in [1.82, 2.24) is 4.98 Å². The van der Waals surface area contributed by atoms with Gasteiger partial charge in [0, 0.05) is 18.3 Å². The van der Waals surface area contributed by atoms with Gasteiger partial charge >= 0.3 is 0 Å². The topological polar surface area (TPSA) is 43.1 Å². The highest BCUT2D eigenvalue weighted by Gasteiger charge is 2.19. The van der Waals surface area contributed by atoms with Crippen molar-refractivity contribution in [2.24, 2.45) is 0 Å². The van der Waals surface area contributed by atoms with E-state index in [1.165, 1.54) is 0 Å². The molecule has 0 aromatic carbocycles. The Labute approximate surface area is 102 Å². The van der Waals surface area contributed by atoms with Gasteiger partial charge in [-0.3, -0.25) is 9.78 Å². The van der Waals surface area contributed by atoms with Crippen molar-refractivity contribution in [2.75, 3.05) is 0 Å². The van der Waals surface area contributed by atoms with Crippen molar-refractivity contribution in [2.45, 2.75) is 12.8 Å². The van der Waals surface area contributed by atoms with E-state index in [0.717, 1.165) is 5.56 Å². The number of hydrogen-bond donors (Lipinski definition) is 0. The molecular formula is C12H10BrNO2. The molecule has 0 bridgehead atoms. The Balaban J connectivity index is 2.23. The molecule has 1 atom stereocenters. The first kappa shape index (κ1) is 11.1. The van der Waals surface area contributed by atoms with E-state index < -0.39 is 0 Å². The molecule has 4 heteroatoms. The van der Waals surface area contributed by atoms with Crippen molar-refractivity contribution >= 4 is 21.7 Å². The predicted octanol–water partition coefficient (Wildman–Crippen LogP) is 3.42. The molecule has 0 spiro atoms. The molecule has 3 nitrogen and oxygen atoms in total. The van der Waals surface area contributed by atoms with Gasteiger partial charge in [-0.2, -0.15) is 0 Å². The first-order valence-corrected chi connectivity index (χ1v) is 5.67. The third-order valence-corrected chi connectivity index (χ3v) is 2.84. The zero-order valence-electron chi connectivity index (χ0n) is 8.68. The number of carbonyl (C=O) groups is 1. The normalized spacial score (nSPS) is 12.4. The Bertz CT molecular complexity index is 493. The lowest BCUT2D eigenvalue weighted by atomic mass is 9.96. The van der Waals surface area contributed by atoms with Crippen LogP contribution in [-0.2, 0) is 0 Å². The summed E-state index contributed by atoms with van der Waals surface area (Å²) < 4.78 is 5.81. The van der Waals surface area contributed by atoms with Gasteiger partial charge in [0.05, 0.1) is 0 Å². The van der Waals surface area contributed by atoms with Crippen LogP contribution in [0.1, 0.15) is 29.0 Å². The van der Waals surface area contributed by atoms with Gasteiger partial charge in [0.2, 0.25) is 5.78 Å². The molecule has 1 unspecified atom stereocenters. The van der Waals surface area contributed by atoms with Gasteiger partial charge in [-0.25, -0.2) is 0 Å². The largest absolute Gasteiger partial charge is 0.446 e. The van der Waals surface area contributed by atoms with Crippen molar-refractivity contribution in [3.05, 3.63) is 52.7 Å². The molecule has 0 saturated heterocycles. The van der Waals surface area contributed by atoms with Gasteiger partial charge in [-0.15, -0.1) is 0 Å². The number of nitrogens with zero attached hydrogens (tertiary/aromatic N) is 1. The standard InChI is InChI=1S/C12H10BrNO2/c1-8(9-4-6-14-7-5-9)12(15)10-2-3-11(13)16-10/h2-8H,1H3. The summed E-state index contributed by atoms with van der Waals surface area (Å²) in [6, 6.07) is 7.05. The number of ketones is 1. The Morgan fingerprint density at radius 2 is 2.00 bits per heavy atom. The fraction of sp³-hybridized carbons (Fsp3) is 0.167. The van der Waals surface area contributed by atoms with E-state index in [-0.39, 0.29) is 11.7 Å². The number of hydrogen-bond acceptors (Lipinski definition) is 3. The lowest BCUT2D eigenvalue weighted by Gasteiger charge is -2.07. The second kappa shape index (κ2) is 4.61. The summed E-state index contributed by atoms with van der Waals surface area (Å²) in [5.41, 5.74) is 0.938. The molecule has 0 aliphatic carbocycles. The molecule has 0 N–H and O–H groups in total. The highest BCUT2D eigenvalue weighted by Crippen LogP contribution is 2.22. The molecule has 0 aliphatic rings. The highest BCUT2D eigenvalue weighted by molar-refractivity contribution is 9.10. The van der Waals surface area contributed by atoms with Crippen LogP contribution in [0, 0.1) is 0 Å². The summed E-state index contributed by atoms with van der Waals surface area (Å²) in [6.07, 6.45) is 3.36. The number of pyridine rings is 1. The molecule has 2 heterocycles. The van der Waals surface area contributed by atoms with Gasteiger partial charge in [-0.1, -0.05) is 6.92 Å². The van der Waals surface area contributed by atoms with Gasteiger partial charge in [0.1, 0.15) is 0 Å². The minimum atomic E-state index is -0.221. The number of aromatic nitrogens is 1. The van der Waals surface area contributed by atoms with Crippen LogP contribution >= 0.6 is 15.9 Å². The number of furan rings is 1. The van der Waals surface area contributed by atoms with Crippen LogP contribution in [0.25, 0.3) is 0 Å². The molecule has 16 heavy (non-hydrogen) atoms. The SMILES string of the molecule is CC(C(=O)c1ccc(Br)o1)c1ccncc1. The Morgan fingerprint density at radius 1 is 1.31 bits per heavy atom. The lowest BCUT2D eigenvalue weighted by molar-refractivity contribution is 0.0937. The minimum absolute atomic E-state index is 0.0306. The van der Waals surface area contributed by atoms with Crippen LogP contribution in [-0.4, -0.2) is 10.8 Å². The van der Waals surface area contributed by atoms with Gasteiger partial charge in [0.15, 0.2) is 10.4 Å². The summed E-state index contributed by atoms with van der Waals surface area (Å²) in [5, 5.41) is 0. The van der Waals surface area contributed by atoms with E-state index in [2.05, 4.69) is 20.9 Å². The Kier molecular flexibility index (Phi) is 3.19. The maximum absolute atomic E-state index is 12.0. The van der Waals surface area contributed by atoms with E-state index >= 15 is 0 Å². The number of halogens is 1. The quantitative estimate of drug-likeness (QED) is 0.809. The average Bonchev–Trinajstić information content (AvgIpc) is 2.75. The van der Waals surface area contributed by atoms with Crippen molar-refractivity contribution < 1.29 is 9.21 Å². The average molecular weight is 280 g/mol. The van der Waals surface area contributed by atoms with E-state index in [9.17, 15) is 4.79 Å². The zero-order chi connectivity index (χ0) is 11.5. The molecule has 82 valence electrons. The zero-order valence-corrected chi connectivity index (χ0v) is 10.3. The molecule has 2 aromatic rings. The van der Waals surface area contributed by atoms with Crippen molar-refractivity contribution in [3.8, 4) is 0 Å². The smallest absolute Gasteiger partial charge is 0.205 e. The van der Waals surface area contributed by atoms with Crippen LogP contribution in [0.3, 0.4) is 0 Å². The Morgan fingerprint density at radius 3 is 2.56 bits per heavy atom. The maximum atomic E-state index is 12.0. The third-order valence-electron chi connectivity index (χ3n) is 2.42. The van der Waals surface area contributed by atoms with E-state index in [4.69, 9.17) is 4.42 Å². The van der Waals surface area contributed by atoms with Crippen molar-refractivity contribution in [1.29, 1.82) is 0 Å². The summed E-state index contributed by atoms with van der Waals surface area (Å²) >= 11 is 3.18. The summed E-state index contributed by atoms with van der Waals surface area (Å²) in [4.78, 5) is 15.9. The lowest BCUT2D eigenvalue weighted by Crippen LogP contribution is -2.08. The molecule has 0 amide bonds. The highest BCUT2D eigenvalue weighted by atomic mass is 79.9. The number of Topliss-reactive ketones (excluding diaryl/α,β-unsaturated/α-hetero) is 1. The van der Waals surface area contributed by atoms with Gasteiger partial charge in [0.25, 0.3) is 0 Å². The summed E-state index contributed by atoms with van der Waals surface area (Å²) in [6.45, 7) is 1.86. The first-order chi connectivity index (χ1) is 7.68. The second-order valence-electron chi connectivity index (χ2n) is 3.47. The Hall–Kier alpha value is -1.42. The van der Waals surface area contributed by atoms with Crippen LogP contribution in [0.2, 0.25) is 0 Å². The molecule has 2 rings (SSSR count). The summed E-state index contributed by atoms with van der Waals surface area (Å²) in [7, 11) is 0. The molecule has 0 radical (unpaired) electrons. The molecule has 0 aliphatic heterocycles. The van der Waals surface area contributed by atoms with E-state index in [1.54, 1.807) is 24.5 Å². The molecule has 0 saturated carbocycles. The number of carbonyl (C=O) groups excluding carboxylic acids is 1. The van der Waals surface area contributed by atoms with E-state index in [1.807, 2.05) is 19.1 Å². The van der Waals surface area contributed by atoms with Gasteiger partial charge < -0.3 is 4.42 Å². The van der Waals surface area contributed by atoms with Crippen LogP contribution in [0.5, 0.6) is 0 Å². The van der Waals surface area contributed by atoms with Crippen molar-refractivity contribution in [3.63, 3.8) is 0 Å². The van der Waals surface area contributed by atoms with Crippen LogP contribution in [0.15, 0.2) is 45.7 Å². The maximum Gasteiger partial charge on any atom is 0.205 e. The van der Waals surface area contributed by atoms with Gasteiger partial charge in [-0.05, 0) is 45.8 Å². The summed E-state index contributed by atoms with van der Waals surface area (Å²) in [5.74, 6) is 0.120. The molecular weight excluding hydrogens is 270 g/mol. The molecule has 2 aromatic heterocycles. The minimum Gasteiger partial charge on any atom is -0.446 e. The van der Waals surface area contributed by atoms with Crippen LogP contribution in [0.4, 0.5) is 0 Å². The molecule has 0 fully saturated rings. The predicted molar refractivity (Wildman–Crippen MR) is 63.4 cm³/mol. The fourth-order valence-electron chi connectivity index (χ4n) is 1.46. The second-order valence-corrected chi connectivity index (χ2v) is 4.25. The van der Waals surface area contributed by atoms with Crippen LogP contribution < -0.4 is 0 Å². The fourth-order valence-corrected chi connectivity index (χ4v) is 1.77. The monoisotopic (exact) mass is 279 g/mol.